The smallest absolute Gasteiger partial charge is 0.238 e. The quantitative estimate of drug-likeness (QED) is 0.598. The van der Waals surface area contributed by atoms with Crippen LogP contribution < -0.4 is 16.0 Å². The number of carbonyl (C=O) groups excluding carboxylic acids is 2. The largest absolute Gasteiger partial charge is 0.326 e. The van der Waals surface area contributed by atoms with Crippen molar-refractivity contribution in [1.29, 1.82) is 0 Å². The maximum Gasteiger partial charge on any atom is 0.238 e. The highest BCUT2D eigenvalue weighted by atomic mass is 16.2. The van der Waals surface area contributed by atoms with Crippen molar-refractivity contribution >= 4 is 23.2 Å². The summed E-state index contributed by atoms with van der Waals surface area (Å²) < 4.78 is 0. The molecule has 0 saturated carbocycles. The molecule has 0 unspecified atom stereocenters. The molecule has 5 nitrogen and oxygen atoms in total. The molecule has 150 valence electrons. The fraction of sp³-hybridized carbons (Fsp3) is 0.391. The number of aryl methyl sites for hydroxylation is 1. The van der Waals surface area contributed by atoms with Crippen LogP contribution in [0.2, 0.25) is 0 Å². The molecule has 0 aliphatic carbocycles. The minimum atomic E-state index is -0.122. The Labute approximate surface area is 167 Å². The summed E-state index contributed by atoms with van der Waals surface area (Å²) in [6, 6.07) is 15.8. The van der Waals surface area contributed by atoms with Gasteiger partial charge in [0.1, 0.15) is 0 Å². The van der Waals surface area contributed by atoms with E-state index < -0.39 is 0 Å². The lowest BCUT2D eigenvalue weighted by Gasteiger charge is -2.23. The summed E-state index contributed by atoms with van der Waals surface area (Å²) in [4.78, 5) is 23.4. The van der Waals surface area contributed by atoms with Gasteiger partial charge in [0.25, 0.3) is 0 Å². The van der Waals surface area contributed by atoms with Crippen LogP contribution in [0.15, 0.2) is 48.5 Å². The Hall–Kier alpha value is -2.66. The third kappa shape index (κ3) is 6.82. The molecule has 0 heterocycles. The summed E-state index contributed by atoms with van der Waals surface area (Å²) in [7, 11) is 0. The van der Waals surface area contributed by atoms with E-state index in [1.165, 1.54) is 18.1 Å². The third-order valence-electron chi connectivity index (χ3n) is 4.52. The molecule has 2 aromatic rings. The number of amides is 2. The molecule has 2 amide bonds. The van der Waals surface area contributed by atoms with Gasteiger partial charge in [-0.05, 0) is 47.7 Å². The number of benzene rings is 2. The standard InChI is InChI=1S/C23H31N3O2/c1-5-6-18-7-9-19(10-8-18)23(16(2)3)24-15-22(28)26-21-13-11-20(12-14-21)25-17(4)27/h7-14,16,23-24H,5-6,15H2,1-4H3,(H,25,27)(H,26,28)/t23-/m0/s1. The highest BCUT2D eigenvalue weighted by Crippen LogP contribution is 2.22. The Bertz CT molecular complexity index is 767. The highest BCUT2D eigenvalue weighted by Gasteiger charge is 2.16. The zero-order chi connectivity index (χ0) is 20.5. The fourth-order valence-electron chi connectivity index (χ4n) is 3.17. The van der Waals surface area contributed by atoms with E-state index in [-0.39, 0.29) is 24.4 Å². The van der Waals surface area contributed by atoms with Crippen LogP contribution in [0, 0.1) is 5.92 Å². The van der Waals surface area contributed by atoms with Crippen LogP contribution in [0.4, 0.5) is 11.4 Å². The summed E-state index contributed by atoms with van der Waals surface area (Å²) in [5.74, 6) is 0.144. The minimum absolute atomic E-state index is 0.0967. The van der Waals surface area contributed by atoms with Gasteiger partial charge < -0.3 is 16.0 Å². The number of carbonyl (C=O) groups is 2. The molecule has 0 aliphatic heterocycles. The number of rotatable bonds is 9. The first-order chi connectivity index (χ1) is 13.4. The van der Waals surface area contributed by atoms with Crippen molar-refractivity contribution in [3.63, 3.8) is 0 Å². The first-order valence-electron chi connectivity index (χ1n) is 9.88. The van der Waals surface area contributed by atoms with Crippen LogP contribution in [0.5, 0.6) is 0 Å². The molecule has 1 atom stereocenters. The Balaban J connectivity index is 1.92. The van der Waals surface area contributed by atoms with E-state index in [1.54, 1.807) is 24.3 Å². The molecule has 0 spiro atoms. The number of anilines is 2. The Morgan fingerprint density at radius 2 is 1.46 bits per heavy atom. The van der Waals surface area contributed by atoms with Crippen molar-refractivity contribution < 1.29 is 9.59 Å². The van der Waals surface area contributed by atoms with E-state index >= 15 is 0 Å². The summed E-state index contributed by atoms with van der Waals surface area (Å²) in [6.45, 7) is 8.17. The third-order valence-corrected chi connectivity index (χ3v) is 4.52. The monoisotopic (exact) mass is 381 g/mol. The van der Waals surface area contributed by atoms with Gasteiger partial charge in [0.05, 0.1) is 6.54 Å². The molecule has 0 saturated heterocycles. The fourth-order valence-corrected chi connectivity index (χ4v) is 3.17. The van der Waals surface area contributed by atoms with E-state index in [0.717, 1.165) is 12.8 Å². The molecular formula is C23H31N3O2. The molecule has 0 aromatic heterocycles. The number of nitrogens with one attached hydrogen (secondary N) is 3. The van der Waals surface area contributed by atoms with Crippen molar-refractivity contribution in [1.82, 2.24) is 5.32 Å². The molecule has 0 fully saturated rings. The predicted molar refractivity (Wildman–Crippen MR) is 115 cm³/mol. The zero-order valence-corrected chi connectivity index (χ0v) is 17.2. The molecule has 0 aliphatic rings. The summed E-state index contributed by atoms with van der Waals surface area (Å²) in [5.41, 5.74) is 3.94. The van der Waals surface area contributed by atoms with Gasteiger partial charge in [0.15, 0.2) is 0 Å². The van der Waals surface area contributed by atoms with E-state index in [9.17, 15) is 9.59 Å². The van der Waals surface area contributed by atoms with Gasteiger partial charge in [0, 0.05) is 24.3 Å². The molecule has 3 N–H and O–H groups in total. The van der Waals surface area contributed by atoms with Gasteiger partial charge in [-0.25, -0.2) is 0 Å². The highest BCUT2D eigenvalue weighted by molar-refractivity contribution is 5.93. The summed E-state index contributed by atoms with van der Waals surface area (Å²) >= 11 is 0. The van der Waals surface area contributed by atoms with Gasteiger partial charge in [-0.1, -0.05) is 51.5 Å². The van der Waals surface area contributed by atoms with Crippen LogP contribution >= 0.6 is 0 Å². The lowest BCUT2D eigenvalue weighted by Crippen LogP contribution is -2.33. The van der Waals surface area contributed by atoms with Crippen molar-refractivity contribution in [3.8, 4) is 0 Å². The second kappa shape index (κ2) is 10.6. The Morgan fingerprint density at radius 1 is 0.893 bits per heavy atom. The molecule has 2 rings (SSSR count). The van der Waals surface area contributed by atoms with Crippen LogP contribution in [0.3, 0.4) is 0 Å². The average Bonchev–Trinajstić information content (AvgIpc) is 2.64. The topological polar surface area (TPSA) is 70.2 Å². The van der Waals surface area contributed by atoms with Gasteiger partial charge in [-0.2, -0.15) is 0 Å². The average molecular weight is 382 g/mol. The normalized spacial score (nSPS) is 11.9. The zero-order valence-electron chi connectivity index (χ0n) is 17.2. The van der Waals surface area contributed by atoms with Crippen LogP contribution in [-0.2, 0) is 16.0 Å². The Morgan fingerprint density at radius 3 is 1.96 bits per heavy atom. The van der Waals surface area contributed by atoms with Gasteiger partial charge in [0.2, 0.25) is 11.8 Å². The summed E-state index contributed by atoms with van der Waals surface area (Å²) in [6.07, 6.45) is 2.22. The van der Waals surface area contributed by atoms with Gasteiger partial charge >= 0.3 is 0 Å². The van der Waals surface area contributed by atoms with Crippen molar-refractivity contribution in [2.75, 3.05) is 17.2 Å². The molecule has 0 radical (unpaired) electrons. The van der Waals surface area contributed by atoms with E-state index in [0.29, 0.717) is 17.3 Å². The lowest BCUT2D eigenvalue weighted by molar-refractivity contribution is -0.116. The van der Waals surface area contributed by atoms with Crippen molar-refractivity contribution in [3.05, 3.63) is 59.7 Å². The van der Waals surface area contributed by atoms with Crippen molar-refractivity contribution in [2.24, 2.45) is 5.92 Å². The van der Waals surface area contributed by atoms with E-state index in [4.69, 9.17) is 0 Å². The van der Waals surface area contributed by atoms with Gasteiger partial charge in [-0.15, -0.1) is 0 Å². The first kappa shape index (κ1) is 21.6. The van der Waals surface area contributed by atoms with Crippen molar-refractivity contribution in [2.45, 2.75) is 46.6 Å². The SMILES string of the molecule is CCCc1ccc([C@@H](NCC(=O)Nc2ccc(NC(C)=O)cc2)C(C)C)cc1. The van der Waals surface area contributed by atoms with E-state index in [1.807, 2.05) is 0 Å². The minimum Gasteiger partial charge on any atom is -0.326 e. The van der Waals surface area contributed by atoms with Crippen LogP contribution in [-0.4, -0.2) is 18.4 Å². The predicted octanol–water partition coefficient (Wildman–Crippen LogP) is 4.52. The van der Waals surface area contributed by atoms with Gasteiger partial charge in [-0.3, -0.25) is 9.59 Å². The number of hydrogen-bond donors (Lipinski definition) is 3. The Kier molecular flexibility index (Phi) is 8.20. The lowest BCUT2D eigenvalue weighted by atomic mass is 9.94. The number of hydrogen-bond acceptors (Lipinski definition) is 3. The maximum absolute atomic E-state index is 12.3. The molecular weight excluding hydrogens is 350 g/mol. The summed E-state index contributed by atoms with van der Waals surface area (Å²) in [5, 5.41) is 8.96. The maximum atomic E-state index is 12.3. The first-order valence-corrected chi connectivity index (χ1v) is 9.88. The molecule has 28 heavy (non-hydrogen) atoms. The molecule has 5 heteroatoms. The van der Waals surface area contributed by atoms with Crippen LogP contribution in [0.1, 0.15) is 51.3 Å². The molecule has 2 aromatic carbocycles. The second-order valence-electron chi connectivity index (χ2n) is 7.40. The molecule has 0 bridgehead atoms. The van der Waals surface area contributed by atoms with E-state index in [2.05, 4.69) is 61.0 Å². The second-order valence-corrected chi connectivity index (χ2v) is 7.40. The van der Waals surface area contributed by atoms with Crippen LogP contribution in [0.25, 0.3) is 0 Å².